The SMILES string of the molecule is CCCCCOc1ccc(C(=O)Oc2ccc3sc(=O)oc3c2)cc1. The third-order valence-electron chi connectivity index (χ3n) is 3.62. The van der Waals surface area contributed by atoms with Gasteiger partial charge in [0.25, 0.3) is 0 Å². The van der Waals surface area contributed by atoms with Crippen LogP contribution in [0.3, 0.4) is 0 Å². The monoisotopic (exact) mass is 358 g/mol. The van der Waals surface area contributed by atoms with E-state index in [-0.39, 0.29) is 4.94 Å². The molecule has 3 rings (SSSR count). The van der Waals surface area contributed by atoms with Crippen molar-refractivity contribution in [2.45, 2.75) is 26.2 Å². The lowest BCUT2D eigenvalue weighted by Gasteiger charge is -2.07. The first-order valence-electron chi connectivity index (χ1n) is 8.14. The van der Waals surface area contributed by atoms with Crippen LogP contribution in [0.4, 0.5) is 0 Å². The largest absolute Gasteiger partial charge is 0.494 e. The molecule has 3 aromatic rings. The normalized spacial score (nSPS) is 10.8. The van der Waals surface area contributed by atoms with Gasteiger partial charge in [0.05, 0.1) is 16.9 Å². The van der Waals surface area contributed by atoms with E-state index in [1.165, 1.54) is 6.07 Å². The van der Waals surface area contributed by atoms with Gasteiger partial charge in [-0.3, -0.25) is 0 Å². The molecule has 0 amide bonds. The molecule has 0 unspecified atom stereocenters. The van der Waals surface area contributed by atoms with Crippen molar-refractivity contribution in [3.63, 3.8) is 0 Å². The first-order valence-corrected chi connectivity index (χ1v) is 8.96. The second-order valence-corrected chi connectivity index (χ2v) is 6.51. The number of unbranched alkanes of at least 4 members (excludes halogenated alkanes) is 2. The molecule has 0 saturated carbocycles. The molecule has 0 aliphatic rings. The number of ether oxygens (including phenoxy) is 2. The number of hydrogen-bond donors (Lipinski definition) is 0. The Hall–Kier alpha value is -2.60. The molecule has 0 aliphatic carbocycles. The third-order valence-corrected chi connectivity index (χ3v) is 4.43. The summed E-state index contributed by atoms with van der Waals surface area (Å²) in [6, 6.07) is 11.7. The Balaban J connectivity index is 1.62. The average Bonchev–Trinajstić information content (AvgIpc) is 2.98. The number of benzene rings is 2. The third kappa shape index (κ3) is 4.48. The zero-order chi connectivity index (χ0) is 17.6. The standard InChI is InChI=1S/C19H18O5S/c1-2-3-4-11-22-14-7-5-13(6-8-14)18(20)23-15-9-10-17-16(12-15)24-19(21)25-17/h5-10,12H,2-4,11H2,1H3. The highest BCUT2D eigenvalue weighted by Gasteiger charge is 2.11. The number of rotatable bonds is 7. The van der Waals surface area contributed by atoms with Crippen LogP contribution in [0.15, 0.2) is 51.7 Å². The Morgan fingerprint density at radius 3 is 2.60 bits per heavy atom. The molecule has 6 heteroatoms. The van der Waals surface area contributed by atoms with E-state index in [2.05, 4.69) is 6.92 Å². The fourth-order valence-electron chi connectivity index (χ4n) is 2.31. The van der Waals surface area contributed by atoms with Crippen molar-refractivity contribution >= 4 is 27.6 Å². The summed E-state index contributed by atoms with van der Waals surface area (Å²) in [6.07, 6.45) is 3.30. The minimum atomic E-state index is -0.477. The minimum absolute atomic E-state index is 0.332. The Morgan fingerprint density at radius 1 is 1.08 bits per heavy atom. The van der Waals surface area contributed by atoms with Crippen LogP contribution in [0.25, 0.3) is 10.3 Å². The van der Waals surface area contributed by atoms with Crippen molar-refractivity contribution in [3.8, 4) is 11.5 Å². The van der Waals surface area contributed by atoms with Crippen LogP contribution in [0.5, 0.6) is 11.5 Å². The van der Waals surface area contributed by atoms with Crippen LogP contribution in [0.1, 0.15) is 36.5 Å². The summed E-state index contributed by atoms with van der Waals surface area (Å²) in [5, 5.41) is 0. The summed E-state index contributed by atoms with van der Waals surface area (Å²) in [4.78, 5) is 23.1. The highest BCUT2D eigenvalue weighted by molar-refractivity contribution is 7.16. The number of carbonyl (C=O) groups is 1. The summed E-state index contributed by atoms with van der Waals surface area (Å²) >= 11 is 1.01. The zero-order valence-electron chi connectivity index (χ0n) is 13.8. The van der Waals surface area contributed by atoms with Gasteiger partial charge in [-0.2, -0.15) is 0 Å². The lowest BCUT2D eigenvalue weighted by Crippen LogP contribution is -2.08. The summed E-state index contributed by atoms with van der Waals surface area (Å²) in [6.45, 7) is 2.81. The lowest BCUT2D eigenvalue weighted by molar-refractivity contribution is 0.0735. The van der Waals surface area contributed by atoms with Crippen LogP contribution in [-0.4, -0.2) is 12.6 Å². The van der Waals surface area contributed by atoms with Crippen molar-refractivity contribution in [2.24, 2.45) is 0 Å². The highest BCUT2D eigenvalue weighted by atomic mass is 32.1. The van der Waals surface area contributed by atoms with Crippen LogP contribution in [-0.2, 0) is 0 Å². The second kappa shape index (κ2) is 7.98. The van der Waals surface area contributed by atoms with Gasteiger partial charge >= 0.3 is 10.9 Å². The number of esters is 1. The maximum absolute atomic E-state index is 12.2. The molecular weight excluding hydrogens is 340 g/mol. The van der Waals surface area contributed by atoms with Crippen molar-refractivity contribution < 1.29 is 18.7 Å². The van der Waals surface area contributed by atoms with Gasteiger partial charge in [0.1, 0.15) is 11.5 Å². The van der Waals surface area contributed by atoms with Crippen molar-refractivity contribution in [1.29, 1.82) is 0 Å². The minimum Gasteiger partial charge on any atom is -0.494 e. The number of carbonyl (C=O) groups excluding carboxylic acids is 1. The van der Waals surface area contributed by atoms with Crippen LogP contribution < -0.4 is 14.4 Å². The first-order chi connectivity index (χ1) is 12.2. The Bertz CT molecular complexity index is 907. The van der Waals surface area contributed by atoms with E-state index in [1.54, 1.807) is 36.4 Å². The second-order valence-electron chi connectivity index (χ2n) is 5.53. The predicted octanol–water partition coefficient (Wildman–Crippen LogP) is 4.64. The Kier molecular flexibility index (Phi) is 5.50. The van der Waals surface area contributed by atoms with Crippen LogP contribution in [0.2, 0.25) is 0 Å². The molecular formula is C19H18O5S. The van der Waals surface area contributed by atoms with E-state index in [1.807, 2.05) is 0 Å². The molecule has 0 N–H and O–H groups in total. The van der Waals surface area contributed by atoms with Crippen molar-refractivity contribution in [2.75, 3.05) is 6.61 Å². The molecule has 0 bridgehead atoms. The summed E-state index contributed by atoms with van der Waals surface area (Å²) < 4.78 is 16.7. The Morgan fingerprint density at radius 2 is 1.84 bits per heavy atom. The summed E-state index contributed by atoms with van der Waals surface area (Å²) in [5.74, 6) is 0.586. The highest BCUT2D eigenvalue weighted by Crippen LogP contribution is 2.23. The Labute approximate surface area is 148 Å². The summed E-state index contributed by atoms with van der Waals surface area (Å²) in [5.41, 5.74) is 0.837. The van der Waals surface area contributed by atoms with Crippen LogP contribution in [0, 0.1) is 0 Å². The van der Waals surface area contributed by atoms with Crippen molar-refractivity contribution in [1.82, 2.24) is 0 Å². The van der Waals surface area contributed by atoms with Crippen molar-refractivity contribution in [3.05, 3.63) is 57.8 Å². The van der Waals surface area contributed by atoms with E-state index in [4.69, 9.17) is 13.9 Å². The molecule has 0 saturated heterocycles. The summed E-state index contributed by atoms with van der Waals surface area (Å²) in [7, 11) is 0. The quantitative estimate of drug-likeness (QED) is 0.350. The molecule has 1 heterocycles. The smallest absolute Gasteiger partial charge is 0.396 e. The van der Waals surface area contributed by atoms with Gasteiger partial charge in [-0.15, -0.1) is 0 Å². The lowest BCUT2D eigenvalue weighted by atomic mass is 10.2. The van der Waals surface area contributed by atoms with E-state index in [9.17, 15) is 9.59 Å². The average molecular weight is 358 g/mol. The maximum atomic E-state index is 12.2. The van der Waals surface area contributed by atoms with Gasteiger partial charge < -0.3 is 13.9 Å². The molecule has 1 aromatic heterocycles. The zero-order valence-corrected chi connectivity index (χ0v) is 14.6. The molecule has 0 radical (unpaired) electrons. The van der Waals surface area contributed by atoms with Crippen LogP contribution >= 0.6 is 11.3 Å². The van der Waals surface area contributed by atoms with Gasteiger partial charge in [-0.05, 0) is 42.8 Å². The number of fused-ring (bicyclic) bond motifs is 1. The molecule has 5 nitrogen and oxygen atoms in total. The molecule has 130 valence electrons. The van der Waals surface area contributed by atoms with E-state index in [0.29, 0.717) is 23.5 Å². The van der Waals surface area contributed by atoms with E-state index < -0.39 is 5.97 Å². The van der Waals surface area contributed by atoms with Gasteiger partial charge in [0, 0.05) is 6.07 Å². The van der Waals surface area contributed by atoms with Gasteiger partial charge in [0.15, 0.2) is 5.58 Å². The topological polar surface area (TPSA) is 65.7 Å². The molecule has 0 spiro atoms. The molecule has 2 aromatic carbocycles. The molecule has 0 fully saturated rings. The predicted molar refractivity (Wildman–Crippen MR) is 96.8 cm³/mol. The molecule has 0 aliphatic heterocycles. The molecule has 0 atom stereocenters. The fourth-order valence-corrected chi connectivity index (χ4v) is 2.96. The fraction of sp³-hybridized carbons (Fsp3) is 0.263. The van der Waals surface area contributed by atoms with E-state index >= 15 is 0 Å². The first kappa shape index (κ1) is 17.2. The van der Waals surface area contributed by atoms with Gasteiger partial charge in [-0.25, -0.2) is 9.59 Å². The molecule has 25 heavy (non-hydrogen) atoms. The van der Waals surface area contributed by atoms with Gasteiger partial charge in [0.2, 0.25) is 0 Å². The van der Waals surface area contributed by atoms with E-state index in [0.717, 1.165) is 41.0 Å². The van der Waals surface area contributed by atoms with Gasteiger partial charge in [-0.1, -0.05) is 31.1 Å². The number of hydrogen-bond acceptors (Lipinski definition) is 6. The maximum Gasteiger partial charge on any atom is 0.396 e.